The molecular formula is C17H21ClN2O. The summed E-state index contributed by atoms with van der Waals surface area (Å²) >= 11 is 0. The number of fused-ring (bicyclic) bond motifs is 1. The average Bonchev–Trinajstić information content (AvgIpc) is 3.00. The Morgan fingerprint density at radius 2 is 2.00 bits per heavy atom. The number of rotatable bonds is 3. The fourth-order valence-corrected chi connectivity index (χ4v) is 2.82. The molecule has 1 aliphatic heterocycles. The second-order valence-electron chi connectivity index (χ2n) is 5.51. The van der Waals surface area contributed by atoms with Gasteiger partial charge in [-0.2, -0.15) is 0 Å². The number of hydrogen-bond acceptors (Lipinski definition) is 2. The summed E-state index contributed by atoms with van der Waals surface area (Å²) in [5.41, 5.74) is 1.09. The van der Waals surface area contributed by atoms with Crippen molar-refractivity contribution < 1.29 is 4.79 Å². The van der Waals surface area contributed by atoms with Gasteiger partial charge >= 0.3 is 0 Å². The van der Waals surface area contributed by atoms with Crippen LogP contribution in [0.4, 0.5) is 0 Å². The van der Waals surface area contributed by atoms with Gasteiger partial charge < -0.3 is 10.2 Å². The van der Waals surface area contributed by atoms with Crippen molar-refractivity contribution in [2.24, 2.45) is 0 Å². The van der Waals surface area contributed by atoms with Crippen molar-refractivity contribution in [1.82, 2.24) is 10.2 Å². The predicted octanol–water partition coefficient (Wildman–Crippen LogP) is 2.62. The minimum Gasteiger partial charge on any atom is -0.341 e. The van der Waals surface area contributed by atoms with E-state index in [9.17, 15) is 4.79 Å². The molecule has 1 aliphatic rings. The Hall–Kier alpha value is -1.58. The quantitative estimate of drug-likeness (QED) is 0.945. The average molecular weight is 305 g/mol. The van der Waals surface area contributed by atoms with Gasteiger partial charge in [0.25, 0.3) is 0 Å². The van der Waals surface area contributed by atoms with Gasteiger partial charge in [-0.25, -0.2) is 0 Å². The minimum absolute atomic E-state index is 0. The summed E-state index contributed by atoms with van der Waals surface area (Å²) < 4.78 is 0. The lowest BCUT2D eigenvalue weighted by Gasteiger charge is -2.23. The molecule has 1 atom stereocenters. The van der Waals surface area contributed by atoms with E-state index in [2.05, 4.69) is 35.6 Å². The third-order valence-corrected chi connectivity index (χ3v) is 4.14. The van der Waals surface area contributed by atoms with Crippen LogP contribution in [0.5, 0.6) is 0 Å². The van der Waals surface area contributed by atoms with Crippen LogP contribution >= 0.6 is 12.4 Å². The van der Waals surface area contributed by atoms with Gasteiger partial charge in [-0.3, -0.25) is 4.79 Å². The van der Waals surface area contributed by atoms with Crippen molar-refractivity contribution in [2.45, 2.75) is 18.9 Å². The molecule has 2 aromatic carbocycles. The first kappa shape index (κ1) is 15.8. The first-order chi connectivity index (χ1) is 9.74. The van der Waals surface area contributed by atoms with E-state index in [1.54, 1.807) is 0 Å². The third-order valence-electron chi connectivity index (χ3n) is 4.14. The molecule has 3 nitrogen and oxygen atoms in total. The molecule has 0 aliphatic carbocycles. The highest BCUT2D eigenvalue weighted by molar-refractivity contribution is 5.86. The van der Waals surface area contributed by atoms with Crippen molar-refractivity contribution in [1.29, 1.82) is 0 Å². The van der Waals surface area contributed by atoms with Crippen LogP contribution in [0.25, 0.3) is 10.8 Å². The first-order valence-corrected chi connectivity index (χ1v) is 7.18. The number of carbonyl (C=O) groups is 1. The highest BCUT2D eigenvalue weighted by atomic mass is 35.5. The highest BCUT2D eigenvalue weighted by Crippen LogP contribution is 2.17. The van der Waals surface area contributed by atoms with Gasteiger partial charge in [-0.15, -0.1) is 12.4 Å². The van der Waals surface area contributed by atoms with Gasteiger partial charge in [-0.05, 0) is 29.3 Å². The molecule has 3 rings (SSSR count). The van der Waals surface area contributed by atoms with Crippen LogP contribution in [-0.4, -0.2) is 37.0 Å². The minimum atomic E-state index is 0. The van der Waals surface area contributed by atoms with Gasteiger partial charge in [0.15, 0.2) is 0 Å². The molecule has 2 aromatic rings. The molecule has 21 heavy (non-hydrogen) atoms. The van der Waals surface area contributed by atoms with E-state index >= 15 is 0 Å². The molecule has 1 amide bonds. The summed E-state index contributed by atoms with van der Waals surface area (Å²) in [6.45, 7) is 1.93. The van der Waals surface area contributed by atoms with Crippen LogP contribution in [0, 0.1) is 0 Å². The standard InChI is InChI=1S/C17H20N2O.ClH/c1-19(16-8-9-18-12-16)17(20)11-13-6-7-14-4-2-3-5-15(14)10-13;/h2-7,10,16,18H,8-9,11-12H2,1H3;1H. The van der Waals surface area contributed by atoms with E-state index in [-0.39, 0.29) is 18.3 Å². The third kappa shape index (κ3) is 3.55. The fourth-order valence-electron chi connectivity index (χ4n) is 2.82. The van der Waals surface area contributed by atoms with Gasteiger partial charge in [0, 0.05) is 19.6 Å². The zero-order valence-electron chi connectivity index (χ0n) is 12.2. The Morgan fingerprint density at radius 3 is 2.71 bits per heavy atom. The lowest BCUT2D eigenvalue weighted by atomic mass is 10.0. The number of hydrogen-bond donors (Lipinski definition) is 1. The Balaban J connectivity index is 0.00000161. The SMILES string of the molecule is CN(C(=O)Cc1ccc2ccccc2c1)C1CCNC1.Cl. The summed E-state index contributed by atoms with van der Waals surface area (Å²) in [6, 6.07) is 14.9. The molecule has 1 fully saturated rings. The lowest BCUT2D eigenvalue weighted by Crippen LogP contribution is -2.39. The second kappa shape index (κ2) is 6.92. The number of carbonyl (C=O) groups excluding carboxylic acids is 1. The molecule has 0 saturated carbocycles. The molecule has 112 valence electrons. The van der Waals surface area contributed by atoms with Crippen LogP contribution in [0.15, 0.2) is 42.5 Å². The number of nitrogens with zero attached hydrogens (tertiary/aromatic N) is 1. The second-order valence-corrected chi connectivity index (χ2v) is 5.51. The summed E-state index contributed by atoms with van der Waals surface area (Å²) in [5.74, 6) is 0.203. The van der Waals surface area contributed by atoms with Crippen molar-refractivity contribution >= 4 is 29.1 Å². The Bertz CT molecular complexity index is 623. The van der Waals surface area contributed by atoms with E-state index in [4.69, 9.17) is 0 Å². The molecule has 4 heteroatoms. The monoisotopic (exact) mass is 304 g/mol. The highest BCUT2D eigenvalue weighted by Gasteiger charge is 2.22. The van der Waals surface area contributed by atoms with Crippen LogP contribution < -0.4 is 5.32 Å². The van der Waals surface area contributed by atoms with Crippen molar-refractivity contribution in [3.8, 4) is 0 Å². The normalized spacial score (nSPS) is 17.5. The first-order valence-electron chi connectivity index (χ1n) is 7.18. The number of nitrogens with one attached hydrogen (secondary N) is 1. The molecule has 1 heterocycles. The zero-order valence-corrected chi connectivity index (χ0v) is 13.0. The molecule has 1 saturated heterocycles. The van der Waals surface area contributed by atoms with Crippen LogP contribution in [-0.2, 0) is 11.2 Å². The van der Waals surface area contributed by atoms with Crippen molar-refractivity contribution in [3.63, 3.8) is 0 Å². The van der Waals surface area contributed by atoms with Gasteiger partial charge in [-0.1, -0.05) is 42.5 Å². The Labute approximate surface area is 131 Å². The molecular weight excluding hydrogens is 284 g/mol. The maximum absolute atomic E-state index is 12.3. The molecule has 0 bridgehead atoms. The lowest BCUT2D eigenvalue weighted by molar-refractivity contribution is -0.130. The predicted molar refractivity (Wildman–Crippen MR) is 88.9 cm³/mol. The van der Waals surface area contributed by atoms with Crippen LogP contribution in [0.1, 0.15) is 12.0 Å². The van der Waals surface area contributed by atoms with E-state index in [1.165, 1.54) is 10.8 Å². The van der Waals surface area contributed by atoms with Gasteiger partial charge in [0.1, 0.15) is 0 Å². The fraction of sp³-hybridized carbons (Fsp3) is 0.353. The van der Waals surface area contributed by atoms with Gasteiger partial charge in [0.05, 0.1) is 6.42 Å². The molecule has 0 aromatic heterocycles. The topological polar surface area (TPSA) is 32.3 Å². The van der Waals surface area contributed by atoms with E-state index < -0.39 is 0 Å². The number of likely N-dealkylation sites (N-methyl/N-ethyl adjacent to an activating group) is 1. The van der Waals surface area contributed by atoms with E-state index in [1.807, 2.05) is 24.1 Å². The number of halogens is 1. The summed E-state index contributed by atoms with van der Waals surface area (Å²) in [4.78, 5) is 14.2. The number of amides is 1. The van der Waals surface area contributed by atoms with Gasteiger partial charge in [0.2, 0.25) is 5.91 Å². The van der Waals surface area contributed by atoms with Crippen molar-refractivity contribution in [2.75, 3.05) is 20.1 Å². The van der Waals surface area contributed by atoms with E-state index in [0.717, 1.165) is 25.1 Å². The number of benzene rings is 2. The summed E-state index contributed by atoms with van der Waals surface area (Å²) in [5, 5.41) is 5.72. The summed E-state index contributed by atoms with van der Waals surface area (Å²) in [6.07, 6.45) is 1.54. The summed E-state index contributed by atoms with van der Waals surface area (Å²) in [7, 11) is 1.92. The van der Waals surface area contributed by atoms with Crippen molar-refractivity contribution in [3.05, 3.63) is 48.0 Å². The maximum Gasteiger partial charge on any atom is 0.227 e. The van der Waals surface area contributed by atoms with Crippen LogP contribution in [0.3, 0.4) is 0 Å². The van der Waals surface area contributed by atoms with E-state index in [0.29, 0.717) is 12.5 Å². The molecule has 0 spiro atoms. The van der Waals surface area contributed by atoms with Crippen LogP contribution in [0.2, 0.25) is 0 Å². The molecule has 1 N–H and O–H groups in total. The smallest absolute Gasteiger partial charge is 0.227 e. The molecule has 1 unspecified atom stereocenters. The largest absolute Gasteiger partial charge is 0.341 e. The maximum atomic E-state index is 12.3. The Morgan fingerprint density at radius 1 is 1.24 bits per heavy atom. The molecule has 0 radical (unpaired) electrons. The Kier molecular flexibility index (Phi) is 5.21. The zero-order chi connectivity index (χ0) is 13.9.